The van der Waals surface area contributed by atoms with E-state index in [1.54, 1.807) is 18.2 Å². The smallest absolute Gasteiger partial charge is 0.332 e. The molecular weight excluding hydrogens is 260 g/mol. The third-order valence-corrected chi connectivity index (χ3v) is 3.85. The highest BCUT2D eigenvalue weighted by Gasteiger charge is 2.54. The summed E-state index contributed by atoms with van der Waals surface area (Å²) >= 11 is 0. The summed E-state index contributed by atoms with van der Waals surface area (Å²) in [5.74, 6) is -1.39. The minimum absolute atomic E-state index is 0.329. The van der Waals surface area contributed by atoms with Crippen LogP contribution in [0.25, 0.3) is 0 Å². The van der Waals surface area contributed by atoms with Crippen LogP contribution in [0.15, 0.2) is 24.3 Å². The van der Waals surface area contributed by atoms with Crippen LogP contribution in [-0.2, 0) is 9.59 Å². The highest BCUT2D eigenvalue weighted by Crippen LogP contribution is 2.35. The van der Waals surface area contributed by atoms with Gasteiger partial charge in [-0.25, -0.2) is 14.5 Å². The first-order valence-corrected chi connectivity index (χ1v) is 6.46. The molecule has 6 nitrogen and oxygen atoms in total. The second-order valence-corrected chi connectivity index (χ2v) is 5.15. The predicted molar refractivity (Wildman–Crippen MR) is 70.3 cm³/mol. The van der Waals surface area contributed by atoms with E-state index < -0.39 is 24.1 Å². The average Bonchev–Trinajstić information content (AvgIpc) is 2.91. The summed E-state index contributed by atoms with van der Waals surface area (Å²) in [5, 5.41) is 9.14. The molecule has 2 aliphatic heterocycles. The Morgan fingerprint density at radius 1 is 1.30 bits per heavy atom. The summed E-state index contributed by atoms with van der Waals surface area (Å²) in [6.07, 6.45) is 0.739. The van der Waals surface area contributed by atoms with Gasteiger partial charge in [0, 0.05) is 0 Å². The van der Waals surface area contributed by atoms with Crippen LogP contribution >= 0.6 is 0 Å². The molecule has 1 N–H and O–H groups in total. The Morgan fingerprint density at radius 3 is 2.70 bits per heavy atom. The summed E-state index contributed by atoms with van der Waals surface area (Å²) in [4.78, 5) is 38.2. The fourth-order valence-corrected chi connectivity index (χ4v) is 2.93. The van der Waals surface area contributed by atoms with Gasteiger partial charge < -0.3 is 5.11 Å². The number of carboxylic acids is 1. The van der Waals surface area contributed by atoms with Crippen molar-refractivity contribution in [3.05, 3.63) is 29.8 Å². The van der Waals surface area contributed by atoms with E-state index in [1.165, 1.54) is 4.90 Å². The van der Waals surface area contributed by atoms with E-state index in [9.17, 15) is 14.4 Å². The SMILES string of the molecule is Cc1cccc(N2C(=O)[C@@H]3CC[C@@H](C(=O)O)N3C2=O)c1. The van der Waals surface area contributed by atoms with E-state index in [0.717, 1.165) is 10.5 Å². The number of fused-ring (bicyclic) bond motifs is 1. The molecule has 0 radical (unpaired) electrons. The van der Waals surface area contributed by atoms with Crippen molar-refractivity contribution in [1.82, 2.24) is 4.90 Å². The zero-order chi connectivity index (χ0) is 14.4. The molecule has 0 aliphatic carbocycles. The molecule has 2 heterocycles. The van der Waals surface area contributed by atoms with Crippen molar-refractivity contribution < 1.29 is 19.5 Å². The molecule has 2 aliphatic rings. The molecule has 3 amide bonds. The molecule has 2 atom stereocenters. The van der Waals surface area contributed by atoms with Crippen molar-refractivity contribution in [3.63, 3.8) is 0 Å². The number of aliphatic carboxylic acids is 1. The Morgan fingerprint density at radius 2 is 2.05 bits per heavy atom. The lowest BCUT2D eigenvalue weighted by molar-refractivity contribution is -0.141. The standard InChI is InChI=1S/C14H14N2O4/c1-8-3-2-4-9(7-8)15-12(17)10-5-6-11(13(18)19)16(10)14(15)20/h2-4,7,10-11H,5-6H2,1H3,(H,18,19)/t10-,11-/m0/s1. The van der Waals surface area contributed by atoms with E-state index in [-0.39, 0.29) is 5.91 Å². The largest absolute Gasteiger partial charge is 0.480 e. The summed E-state index contributed by atoms with van der Waals surface area (Å²) < 4.78 is 0. The topological polar surface area (TPSA) is 77.9 Å². The molecule has 104 valence electrons. The van der Waals surface area contributed by atoms with Gasteiger partial charge in [-0.2, -0.15) is 0 Å². The lowest BCUT2D eigenvalue weighted by Gasteiger charge is -2.20. The normalized spacial score (nSPS) is 25.2. The minimum atomic E-state index is -1.06. The number of aryl methyl sites for hydroxylation is 1. The maximum absolute atomic E-state index is 12.4. The summed E-state index contributed by atoms with van der Waals surface area (Å²) in [7, 11) is 0. The monoisotopic (exact) mass is 274 g/mol. The Labute approximate surface area is 115 Å². The number of carbonyl (C=O) groups excluding carboxylic acids is 2. The molecule has 2 saturated heterocycles. The van der Waals surface area contributed by atoms with Crippen LogP contribution in [0.3, 0.4) is 0 Å². The molecular formula is C14H14N2O4. The van der Waals surface area contributed by atoms with Crippen LogP contribution in [-0.4, -0.2) is 40.0 Å². The lowest BCUT2D eigenvalue weighted by atomic mass is 10.1. The first-order valence-electron chi connectivity index (χ1n) is 6.46. The van der Waals surface area contributed by atoms with E-state index in [2.05, 4.69) is 0 Å². The zero-order valence-corrected chi connectivity index (χ0v) is 10.9. The molecule has 0 aromatic heterocycles. The van der Waals surface area contributed by atoms with Gasteiger partial charge in [0.2, 0.25) is 0 Å². The van der Waals surface area contributed by atoms with E-state index in [0.29, 0.717) is 18.5 Å². The Bertz CT molecular complexity index is 613. The summed E-state index contributed by atoms with van der Waals surface area (Å²) in [6, 6.07) is 5.00. The van der Waals surface area contributed by atoms with Gasteiger partial charge in [0.05, 0.1) is 5.69 Å². The molecule has 3 rings (SSSR count). The molecule has 2 fully saturated rings. The average molecular weight is 274 g/mol. The first-order chi connectivity index (χ1) is 9.50. The van der Waals surface area contributed by atoms with Crippen molar-refractivity contribution >= 4 is 23.6 Å². The number of hydrogen-bond acceptors (Lipinski definition) is 3. The van der Waals surface area contributed by atoms with Gasteiger partial charge in [0.1, 0.15) is 12.1 Å². The van der Waals surface area contributed by atoms with Gasteiger partial charge in [-0.1, -0.05) is 12.1 Å². The van der Waals surface area contributed by atoms with Gasteiger partial charge in [-0.3, -0.25) is 9.69 Å². The van der Waals surface area contributed by atoms with Crippen molar-refractivity contribution in [2.75, 3.05) is 4.90 Å². The van der Waals surface area contributed by atoms with Crippen molar-refractivity contribution in [3.8, 4) is 0 Å². The van der Waals surface area contributed by atoms with Crippen LogP contribution in [0, 0.1) is 6.92 Å². The van der Waals surface area contributed by atoms with E-state index in [1.807, 2.05) is 13.0 Å². The quantitative estimate of drug-likeness (QED) is 0.826. The second kappa shape index (κ2) is 4.33. The highest BCUT2D eigenvalue weighted by molar-refractivity contribution is 6.22. The highest BCUT2D eigenvalue weighted by atomic mass is 16.4. The maximum atomic E-state index is 12.4. The number of imide groups is 1. The fraction of sp³-hybridized carbons (Fsp3) is 0.357. The number of amides is 3. The minimum Gasteiger partial charge on any atom is -0.480 e. The van der Waals surface area contributed by atoms with Gasteiger partial charge in [0.15, 0.2) is 0 Å². The third kappa shape index (κ3) is 1.68. The Balaban J connectivity index is 1.98. The number of rotatable bonds is 2. The van der Waals surface area contributed by atoms with Crippen LogP contribution in [0.2, 0.25) is 0 Å². The van der Waals surface area contributed by atoms with Gasteiger partial charge in [0.25, 0.3) is 5.91 Å². The zero-order valence-electron chi connectivity index (χ0n) is 10.9. The number of hydrogen-bond donors (Lipinski definition) is 1. The fourth-order valence-electron chi connectivity index (χ4n) is 2.93. The number of nitrogens with zero attached hydrogens (tertiary/aromatic N) is 2. The number of benzene rings is 1. The summed E-state index contributed by atoms with van der Waals surface area (Å²) in [5.41, 5.74) is 1.43. The number of anilines is 1. The number of urea groups is 1. The van der Waals surface area contributed by atoms with E-state index in [4.69, 9.17) is 5.11 Å². The molecule has 0 unspecified atom stereocenters. The van der Waals surface area contributed by atoms with Crippen LogP contribution in [0.1, 0.15) is 18.4 Å². The van der Waals surface area contributed by atoms with Crippen LogP contribution in [0.5, 0.6) is 0 Å². The molecule has 1 aromatic carbocycles. The third-order valence-electron chi connectivity index (χ3n) is 3.85. The summed E-state index contributed by atoms with van der Waals surface area (Å²) in [6.45, 7) is 1.87. The van der Waals surface area contributed by atoms with E-state index >= 15 is 0 Å². The molecule has 6 heteroatoms. The molecule has 1 aromatic rings. The Kier molecular flexibility index (Phi) is 2.74. The van der Waals surface area contributed by atoms with Gasteiger partial charge in [-0.05, 0) is 37.5 Å². The number of carbonyl (C=O) groups is 3. The van der Waals surface area contributed by atoms with Crippen LogP contribution < -0.4 is 4.90 Å². The van der Waals surface area contributed by atoms with Crippen molar-refractivity contribution in [2.45, 2.75) is 31.8 Å². The number of carboxylic acid groups (broad SMARTS) is 1. The molecule has 0 bridgehead atoms. The lowest BCUT2D eigenvalue weighted by Crippen LogP contribution is -2.42. The second-order valence-electron chi connectivity index (χ2n) is 5.15. The van der Waals surface area contributed by atoms with Crippen molar-refractivity contribution in [2.24, 2.45) is 0 Å². The molecule has 20 heavy (non-hydrogen) atoms. The van der Waals surface area contributed by atoms with Crippen molar-refractivity contribution in [1.29, 1.82) is 0 Å². The molecule has 0 spiro atoms. The maximum Gasteiger partial charge on any atom is 0.332 e. The predicted octanol–water partition coefficient (Wildman–Crippen LogP) is 1.38. The Hall–Kier alpha value is -2.37. The van der Waals surface area contributed by atoms with Gasteiger partial charge in [-0.15, -0.1) is 0 Å². The van der Waals surface area contributed by atoms with Crippen LogP contribution in [0.4, 0.5) is 10.5 Å². The first kappa shape index (κ1) is 12.7. The molecule has 0 saturated carbocycles. The van der Waals surface area contributed by atoms with Gasteiger partial charge >= 0.3 is 12.0 Å².